The Hall–Kier alpha value is -2.52. The summed E-state index contributed by atoms with van der Waals surface area (Å²) < 4.78 is 34.3. The highest BCUT2D eigenvalue weighted by Gasteiger charge is 2.24. The number of hydrogen-bond donors (Lipinski definition) is 2. The number of ether oxygens (including phenoxy) is 1. The summed E-state index contributed by atoms with van der Waals surface area (Å²) in [5.74, 6) is 0.997. The maximum atomic E-state index is 13.0. The van der Waals surface area contributed by atoms with E-state index in [4.69, 9.17) is 9.84 Å². The summed E-state index contributed by atoms with van der Waals surface area (Å²) in [7, 11) is -3.65. The van der Waals surface area contributed by atoms with Gasteiger partial charge in [0.25, 0.3) is 0 Å². The van der Waals surface area contributed by atoms with Crippen LogP contribution < -0.4 is 9.46 Å². The Labute approximate surface area is 189 Å². The summed E-state index contributed by atoms with van der Waals surface area (Å²) in [5, 5.41) is 9.74. The van der Waals surface area contributed by atoms with Crippen molar-refractivity contribution < 1.29 is 18.3 Å². The molecular weight excluding hydrogens is 426 g/mol. The van der Waals surface area contributed by atoms with Crippen LogP contribution in [0.4, 0.5) is 0 Å². The number of aromatic nitrogens is 1. The number of piperidine rings is 1. The minimum Gasteiger partial charge on any atom is -0.491 e. The molecule has 1 aromatic heterocycles. The Kier molecular flexibility index (Phi) is 7.36. The molecule has 0 amide bonds. The van der Waals surface area contributed by atoms with Gasteiger partial charge in [0.05, 0.1) is 12.1 Å². The first kappa shape index (κ1) is 22.7. The summed E-state index contributed by atoms with van der Waals surface area (Å²) in [6.45, 7) is 3.27. The third-order valence-electron chi connectivity index (χ3n) is 5.71. The summed E-state index contributed by atoms with van der Waals surface area (Å²) in [6.07, 6.45) is 3.64. The zero-order valence-electron chi connectivity index (χ0n) is 18.0. The number of aliphatic hydroxyl groups excluding tert-OH is 1. The molecule has 7 nitrogen and oxygen atoms in total. The van der Waals surface area contributed by atoms with Crippen molar-refractivity contribution in [1.82, 2.24) is 14.6 Å². The number of nitrogens with zero attached hydrogens (tertiary/aromatic N) is 2. The van der Waals surface area contributed by atoms with Crippen LogP contribution in [0, 0.1) is 5.92 Å². The standard InChI is InChI=1S/C24H29N3O4S/c28-13-14-31-22-9-1-5-19(15-22)17-27-12-4-6-20(18-27)16-26-32(29,30)23-10-2-7-21-8-3-11-25-24(21)23/h1-3,5,7-11,15,20,26,28H,4,6,12-14,16-18H2/t20-/m0/s1. The van der Waals surface area contributed by atoms with Crippen molar-refractivity contribution in [3.63, 3.8) is 0 Å². The number of rotatable bonds is 9. The molecule has 32 heavy (non-hydrogen) atoms. The molecular formula is C24H29N3O4S. The van der Waals surface area contributed by atoms with Gasteiger partial charge in [0.15, 0.2) is 0 Å². The Morgan fingerprint density at radius 1 is 1.16 bits per heavy atom. The lowest BCUT2D eigenvalue weighted by Gasteiger charge is -2.33. The predicted molar refractivity (Wildman–Crippen MR) is 124 cm³/mol. The molecule has 1 fully saturated rings. The molecule has 0 spiro atoms. The number of benzene rings is 2. The second kappa shape index (κ2) is 10.4. The molecule has 0 aliphatic carbocycles. The van der Waals surface area contributed by atoms with Gasteiger partial charge in [-0.25, -0.2) is 13.1 Å². The van der Waals surface area contributed by atoms with Crippen molar-refractivity contribution in [3.8, 4) is 5.75 Å². The zero-order valence-corrected chi connectivity index (χ0v) is 18.8. The molecule has 170 valence electrons. The molecule has 1 aliphatic heterocycles. The number of para-hydroxylation sites is 1. The first-order valence-corrected chi connectivity index (χ1v) is 12.4. The van der Waals surface area contributed by atoms with Gasteiger partial charge in [0.2, 0.25) is 10.0 Å². The fourth-order valence-corrected chi connectivity index (χ4v) is 5.51. The van der Waals surface area contributed by atoms with Gasteiger partial charge in [-0.1, -0.05) is 30.3 Å². The lowest BCUT2D eigenvalue weighted by Crippen LogP contribution is -2.40. The van der Waals surface area contributed by atoms with Gasteiger partial charge in [-0.05, 0) is 55.1 Å². The number of nitrogens with one attached hydrogen (secondary N) is 1. The van der Waals surface area contributed by atoms with Crippen molar-refractivity contribution in [3.05, 3.63) is 66.4 Å². The molecule has 4 rings (SSSR count). The van der Waals surface area contributed by atoms with E-state index in [2.05, 4.69) is 20.7 Å². The van der Waals surface area contributed by atoms with Crippen LogP contribution in [-0.4, -0.2) is 56.3 Å². The van der Waals surface area contributed by atoms with Crippen LogP contribution in [0.3, 0.4) is 0 Å². The smallest absolute Gasteiger partial charge is 0.242 e. The molecule has 1 saturated heterocycles. The van der Waals surface area contributed by atoms with Gasteiger partial charge in [0, 0.05) is 31.2 Å². The van der Waals surface area contributed by atoms with E-state index >= 15 is 0 Å². The fraction of sp³-hybridized carbons (Fsp3) is 0.375. The molecule has 0 radical (unpaired) electrons. The van der Waals surface area contributed by atoms with Crippen LogP contribution in [-0.2, 0) is 16.6 Å². The number of pyridine rings is 1. The number of aliphatic hydroxyl groups is 1. The third kappa shape index (κ3) is 5.63. The monoisotopic (exact) mass is 455 g/mol. The van der Waals surface area contributed by atoms with Gasteiger partial charge in [-0.15, -0.1) is 0 Å². The number of fused-ring (bicyclic) bond motifs is 1. The second-order valence-electron chi connectivity index (χ2n) is 8.15. The summed E-state index contributed by atoms with van der Waals surface area (Å²) in [5.41, 5.74) is 1.64. The topological polar surface area (TPSA) is 91.8 Å². The Morgan fingerprint density at radius 2 is 2.00 bits per heavy atom. The fourth-order valence-electron chi connectivity index (χ4n) is 4.22. The van der Waals surface area contributed by atoms with Crippen molar-refractivity contribution >= 4 is 20.9 Å². The number of sulfonamides is 1. The van der Waals surface area contributed by atoms with E-state index in [9.17, 15) is 8.42 Å². The van der Waals surface area contributed by atoms with E-state index in [-0.39, 0.29) is 24.0 Å². The molecule has 2 N–H and O–H groups in total. The molecule has 0 bridgehead atoms. The minimum atomic E-state index is -3.65. The van der Waals surface area contributed by atoms with E-state index in [0.717, 1.165) is 49.2 Å². The van der Waals surface area contributed by atoms with E-state index < -0.39 is 10.0 Å². The van der Waals surface area contributed by atoms with Gasteiger partial charge in [-0.3, -0.25) is 9.88 Å². The van der Waals surface area contributed by atoms with Crippen molar-refractivity contribution in [2.75, 3.05) is 32.8 Å². The Morgan fingerprint density at radius 3 is 2.88 bits per heavy atom. The first-order chi connectivity index (χ1) is 15.5. The summed E-state index contributed by atoms with van der Waals surface area (Å²) >= 11 is 0. The van der Waals surface area contributed by atoms with Crippen molar-refractivity contribution in [2.24, 2.45) is 5.92 Å². The van der Waals surface area contributed by atoms with Gasteiger partial charge in [-0.2, -0.15) is 0 Å². The highest BCUT2D eigenvalue weighted by molar-refractivity contribution is 7.89. The van der Waals surface area contributed by atoms with Crippen molar-refractivity contribution in [2.45, 2.75) is 24.3 Å². The molecule has 1 aliphatic rings. The quantitative estimate of drug-likeness (QED) is 0.516. The van der Waals surface area contributed by atoms with Gasteiger partial charge in [0.1, 0.15) is 17.3 Å². The lowest BCUT2D eigenvalue weighted by molar-refractivity contribution is 0.168. The first-order valence-electron chi connectivity index (χ1n) is 10.9. The molecule has 3 aromatic rings. The highest BCUT2D eigenvalue weighted by atomic mass is 32.2. The lowest BCUT2D eigenvalue weighted by atomic mass is 9.98. The average molecular weight is 456 g/mol. The number of hydrogen-bond acceptors (Lipinski definition) is 6. The number of likely N-dealkylation sites (tertiary alicyclic amines) is 1. The normalized spacial score (nSPS) is 17.5. The van der Waals surface area contributed by atoms with Crippen LogP contribution in [0.2, 0.25) is 0 Å². The zero-order chi connectivity index (χ0) is 22.4. The molecule has 2 heterocycles. The van der Waals surface area contributed by atoms with E-state index in [1.165, 1.54) is 0 Å². The van der Waals surface area contributed by atoms with Crippen LogP contribution in [0.25, 0.3) is 10.9 Å². The predicted octanol–water partition coefficient (Wildman–Crippen LogP) is 2.80. The molecule has 1 atom stereocenters. The highest BCUT2D eigenvalue weighted by Crippen LogP contribution is 2.23. The van der Waals surface area contributed by atoms with E-state index in [1.807, 2.05) is 30.3 Å². The van der Waals surface area contributed by atoms with Gasteiger partial charge < -0.3 is 9.84 Å². The molecule has 8 heteroatoms. The van der Waals surface area contributed by atoms with Crippen molar-refractivity contribution in [1.29, 1.82) is 0 Å². The van der Waals surface area contributed by atoms with Crippen LogP contribution in [0.5, 0.6) is 5.75 Å². The maximum Gasteiger partial charge on any atom is 0.242 e. The minimum absolute atomic E-state index is 0.0111. The van der Waals surface area contributed by atoms with Gasteiger partial charge >= 0.3 is 0 Å². The Bertz CT molecular complexity index is 1150. The Balaban J connectivity index is 1.37. The third-order valence-corrected chi connectivity index (χ3v) is 7.17. The van der Waals surface area contributed by atoms with Crippen LogP contribution in [0.15, 0.2) is 65.7 Å². The second-order valence-corrected chi connectivity index (χ2v) is 9.88. The van der Waals surface area contributed by atoms with Crippen LogP contribution >= 0.6 is 0 Å². The van der Waals surface area contributed by atoms with Crippen LogP contribution in [0.1, 0.15) is 18.4 Å². The molecule has 0 saturated carbocycles. The summed E-state index contributed by atoms with van der Waals surface area (Å²) in [6, 6.07) is 16.8. The largest absolute Gasteiger partial charge is 0.491 e. The van der Waals surface area contributed by atoms with E-state index in [0.29, 0.717) is 12.1 Å². The SMILES string of the molecule is O=S(=O)(NC[C@@H]1CCCN(Cc2cccc(OCCO)c2)C1)c1cccc2cccnc12. The molecule has 0 unspecified atom stereocenters. The molecule has 2 aromatic carbocycles. The summed E-state index contributed by atoms with van der Waals surface area (Å²) in [4.78, 5) is 6.85. The maximum absolute atomic E-state index is 13.0. The van der Waals surface area contributed by atoms with E-state index in [1.54, 1.807) is 24.4 Å². The average Bonchev–Trinajstić information content (AvgIpc) is 2.82.